The van der Waals surface area contributed by atoms with Gasteiger partial charge in [0.1, 0.15) is 11.6 Å². The lowest BCUT2D eigenvalue weighted by atomic mass is 10.1. The van der Waals surface area contributed by atoms with Gasteiger partial charge in [0, 0.05) is 44.2 Å². The summed E-state index contributed by atoms with van der Waals surface area (Å²) in [4.78, 5) is 27.4. The smallest absolute Gasteiger partial charge is 0.217 e. The summed E-state index contributed by atoms with van der Waals surface area (Å²) in [5, 5.41) is 2.88. The summed E-state index contributed by atoms with van der Waals surface area (Å²) in [6.45, 7) is 8.95. The van der Waals surface area contributed by atoms with E-state index >= 15 is 0 Å². The highest BCUT2D eigenvalue weighted by Gasteiger charge is 2.30. The number of nitrogens with zero attached hydrogens (tertiary/aromatic N) is 5. The van der Waals surface area contributed by atoms with Crippen LogP contribution < -0.4 is 5.32 Å². The highest BCUT2D eigenvalue weighted by atomic mass is 16.1. The molecule has 26 heavy (non-hydrogen) atoms. The van der Waals surface area contributed by atoms with E-state index in [1.807, 2.05) is 19.3 Å². The minimum atomic E-state index is -0.0404. The minimum Gasteiger partial charge on any atom is -0.352 e. The van der Waals surface area contributed by atoms with E-state index in [-0.39, 0.29) is 11.9 Å². The summed E-state index contributed by atoms with van der Waals surface area (Å²) in [5.41, 5.74) is 2.04. The Bertz CT molecular complexity index is 756. The number of carbonyl (C=O) groups excluding carboxylic acids is 1. The molecule has 1 aliphatic heterocycles. The molecule has 0 aromatic carbocycles. The second-order valence-corrected chi connectivity index (χ2v) is 6.90. The quantitative estimate of drug-likeness (QED) is 0.824. The Hall–Kier alpha value is -2.28. The van der Waals surface area contributed by atoms with Crippen LogP contribution in [0.5, 0.6) is 0 Å². The van der Waals surface area contributed by atoms with E-state index in [0.29, 0.717) is 6.54 Å². The van der Waals surface area contributed by atoms with Crippen LogP contribution in [0.1, 0.15) is 62.1 Å². The molecule has 0 radical (unpaired) electrons. The van der Waals surface area contributed by atoms with Gasteiger partial charge in [0.15, 0.2) is 0 Å². The molecule has 1 atom stereocenters. The Balaban J connectivity index is 1.82. The first-order chi connectivity index (χ1) is 12.6. The number of hydrogen-bond acceptors (Lipinski definition) is 5. The molecule has 0 spiro atoms. The lowest BCUT2D eigenvalue weighted by Crippen LogP contribution is -2.28. The monoisotopic (exact) mass is 356 g/mol. The van der Waals surface area contributed by atoms with Gasteiger partial charge in [0.2, 0.25) is 5.91 Å². The Morgan fingerprint density at radius 3 is 3.00 bits per heavy atom. The maximum Gasteiger partial charge on any atom is 0.217 e. The van der Waals surface area contributed by atoms with Crippen LogP contribution in [-0.2, 0) is 24.4 Å². The van der Waals surface area contributed by atoms with E-state index in [4.69, 9.17) is 4.98 Å². The third-order valence-corrected chi connectivity index (χ3v) is 4.84. The molecule has 0 bridgehead atoms. The van der Waals surface area contributed by atoms with Crippen LogP contribution >= 0.6 is 0 Å². The predicted molar refractivity (Wildman–Crippen MR) is 99.2 cm³/mol. The molecule has 0 aliphatic carbocycles. The maximum absolute atomic E-state index is 11.3. The molecular weight excluding hydrogens is 328 g/mol. The van der Waals surface area contributed by atoms with Crippen molar-refractivity contribution < 1.29 is 4.79 Å². The molecule has 0 saturated carbocycles. The zero-order valence-electron chi connectivity index (χ0n) is 15.9. The molecule has 2 aromatic rings. The summed E-state index contributed by atoms with van der Waals surface area (Å²) < 4.78 is 2.23. The first-order valence-corrected chi connectivity index (χ1v) is 9.39. The van der Waals surface area contributed by atoms with Crippen molar-refractivity contribution in [3.05, 3.63) is 41.5 Å². The molecule has 1 saturated heterocycles. The molecule has 1 fully saturated rings. The lowest BCUT2D eigenvalue weighted by Gasteiger charge is -2.26. The lowest BCUT2D eigenvalue weighted by molar-refractivity contribution is -0.119. The zero-order valence-corrected chi connectivity index (χ0v) is 15.9. The summed E-state index contributed by atoms with van der Waals surface area (Å²) in [5.74, 6) is 1.83. The molecule has 1 amide bonds. The van der Waals surface area contributed by atoms with Crippen molar-refractivity contribution in [2.45, 2.75) is 65.7 Å². The first kappa shape index (κ1) is 18.5. The van der Waals surface area contributed by atoms with Crippen LogP contribution in [0.15, 0.2) is 18.6 Å². The van der Waals surface area contributed by atoms with Crippen molar-refractivity contribution in [3.63, 3.8) is 0 Å². The Kier molecular flexibility index (Phi) is 5.98. The average Bonchev–Trinajstić information content (AvgIpc) is 3.24. The number of rotatable bonds is 7. The molecule has 1 aliphatic rings. The summed E-state index contributed by atoms with van der Waals surface area (Å²) >= 11 is 0. The highest BCUT2D eigenvalue weighted by Crippen LogP contribution is 2.33. The fourth-order valence-corrected chi connectivity index (χ4v) is 3.60. The number of aromatic nitrogens is 4. The molecule has 1 N–H and O–H groups in total. The van der Waals surface area contributed by atoms with Crippen molar-refractivity contribution >= 4 is 5.91 Å². The number of aryl methyl sites for hydroxylation is 2. The largest absolute Gasteiger partial charge is 0.352 e. The van der Waals surface area contributed by atoms with Crippen LogP contribution in [-0.4, -0.2) is 36.9 Å². The topological polar surface area (TPSA) is 75.9 Å². The van der Waals surface area contributed by atoms with Crippen LogP contribution in [0, 0.1) is 6.92 Å². The van der Waals surface area contributed by atoms with E-state index in [0.717, 1.165) is 61.8 Å². The van der Waals surface area contributed by atoms with E-state index in [2.05, 4.69) is 37.9 Å². The van der Waals surface area contributed by atoms with Crippen LogP contribution in [0.2, 0.25) is 0 Å². The number of nitrogens with one attached hydrogen (secondary N) is 1. The van der Waals surface area contributed by atoms with Gasteiger partial charge in [0.25, 0.3) is 0 Å². The van der Waals surface area contributed by atoms with Gasteiger partial charge in [0.05, 0.1) is 18.3 Å². The molecule has 140 valence electrons. The molecule has 0 unspecified atom stereocenters. The highest BCUT2D eigenvalue weighted by molar-refractivity contribution is 5.72. The Labute approximate surface area is 154 Å². The van der Waals surface area contributed by atoms with Crippen molar-refractivity contribution in [2.75, 3.05) is 6.54 Å². The third kappa shape index (κ3) is 4.27. The van der Waals surface area contributed by atoms with Gasteiger partial charge in [-0.05, 0) is 32.7 Å². The first-order valence-electron chi connectivity index (χ1n) is 9.39. The van der Waals surface area contributed by atoms with Gasteiger partial charge in [-0.1, -0.05) is 6.92 Å². The van der Waals surface area contributed by atoms with Gasteiger partial charge in [-0.3, -0.25) is 9.69 Å². The van der Waals surface area contributed by atoms with E-state index in [1.165, 1.54) is 6.92 Å². The number of hydrogen-bond donors (Lipinski definition) is 1. The van der Waals surface area contributed by atoms with Crippen molar-refractivity contribution in [3.8, 4) is 0 Å². The third-order valence-electron chi connectivity index (χ3n) is 4.84. The van der Waals surface area contributed by atoms with Gasteiger partial charge >= 0.3 is 0 Å². The van der Waals surface area contributed by atoms with Gasteiger partial charge in [-0.15, -0.1) is 0 Å². The number of likely N-dealkylation sites (tertiary alicyclic amines) is 1. The fraction of sp³-hybridized carbons (Fsp3) is 0.579. The van der Waals surface area contributed by atoms with Gasteiger partial charge < -0.3 is 9.88 Å². The summed E-state index contributed by atoms with van der Waals surface area (Å²) in [7, 11) is 0. The van der Waals surface area contributed by atoms with Gasteiger partial charge in [-0.25, -0.2) is 15.0 Å². The summed E-state index contributed by atoms with van der Waals surface area (Å²) in [6.07, 6.45) is 9.09. The second kappa shape index (κ2) is 8.40. The molecule has 2 aromatic heterocycles. The van der Waals surface area contributed by atoms with Crippen molar-refractivity contribution in [1.29, 1.82) is 0 Å². The van der Waals surface area contributed by atoms with Gasteiger partial charge in [-0.2, -0.15) is 0 Å². The molecule has 3 heterocycles. The molecule has 7 heteroatoms. The van der Waals surface area contributed by atoms with E-state index in [1.54, 1.807) is 0 Å². The summed E-state index contributed by atoms with van der Waals surface area (Å²) in [6, 6.07) is 0.243. The fourth-order valence-electron chi connectivity index (χ4n) is 3.60. The van der Waals surface area contributed by atoms with Crippen LogP contribution in [0.4, 0.5) is 0 Å². The standard InChI is InChI=1S/C19H28N6O/c1-4-8-24-10-7-20-18(24)13-25-9-5-6-17(25)19-16(12-22-15(3)26)11-21-14(2)23-19/h7,10-11,17H,4-6,8-9,12-13H2,1-3H3,(H,22,26)/t17-/m0/s1. The van der Waals surface area contributed by atoms with Crippen LogP contribution in [0.25, 0.3) is 0 Å². The number of carbonyl (C=O) groups is 1. The zero-order chi connectivity index (χ0) is 18.5. The SMILES string of the molecule is CCCn1ccnc1CN1CCC[C@H]1c1nc(C)ncc1CNC(C)=O. The second-order valence-electron chi connectivity index (χ2n) is 6.90. The number of imidazole rings is 1. The van der Waals surface area contributed by atoms with E-state index in [9.17, 15) is 4.79 Å². The Morgan fingerprint density at radius 1 is 1.38 bits per heavy atom. The predicted octanol–water partition coefficient (Wildman–Crippen LogP) is 2.36. The maximum atomic E-state index is 11.3. The Morgan fingerprint density at radius 2 is 2.23 bits per heavy atom. The van der Waals surface area contributed by atoms with E-state index < -0.39 is 0 Å². The molecule has 3 rings (SSSR count). The normalized spacial score (nSPS) is 17.6. The van der Waals surface area contributed by atoms with Crippen molar-refractivity contribution in [2.24, 2.45) is 0 Å². The van der Waals surface area contributed by atoms with Crippen molar-refractivity contribution in [1.82, 2.24) is 29.7 Å². The van der Waals surface area contributed by atoms with Crippen LogP contribution in [0.3, 0.4) is 0 Å². The minimum absolute atomic E-state index is 0.0404. The average molecular weight is 356 g/mol. The number of amides is 1. The molecular formula is C19H28N6O. The molecule has 7 nitrogen and oxygen atoms in total.